The van der Waals surface area contributed by atoms with Crippen molar-refractivity contribution < 1.29 is 4.74 Å². The number of benzene rings is 1. The van der Waals surface area contributed by atoms with Crippen LogP contribution in [0.4, 0.5) is 0 Å². The van der Waals surface area contributed by atoms with Crippen molar-refractivity contribution in [3.05, 3.63) is 29.8 Å². The molecule has 0 amide bonds. The van der Waals surface area contributed by atoms with Gasteiger partial charge < -0.3 is 9.64 Å². The standard InChI is InChI=1S/C11H13NO/c1-4-12(2)9-10-6-5-7-11(8-10)13-3/h1,5-8H,9H2,2-3H3. The van der Waals surface area contributed by atoms with Gasteiger partial charge in [0.1, 0.15) is 5.75 Å². The zero-order chi connectivity index (χ0) is 9.68. The fourth-order valence-electron chi connectivity index (χ4n) is 1.09. The SMILES string of the molecule is C#CN(C)Cc1cccc(OC)c1. The molecule has 13 heavy (non-hydrogen) atoms. The molecule has 0 heterocycles. The Bertz CT molecular complexity index is 314. The lowest BCUT2D eigenvalue weighted by Crippen LogP contribution is -2.09. The van der Waals surface area contributed by atoms with E-state index in [4.69, 9.17) is 11.2 Å². The Morgan fingerprint density at radius 3 is 2.92 bits per heavy atom. The fraction of sp³-hybridized carbons (Fsp3) is 0.273. The molecule has 0 atom stereocenters. The Labute approximate surface area is 79.1 Å². The normalized spacial score (nSPS) is 9.00. The highest BCUT2D eigenvalue weighted by molar-refractivity contribution is 5.28. The zero-order valence-corrected chi connectivity index (χ0v) is 7.95. The Kier molecular flexibility index (Phi) is 3.22. The van der Waals surface area contributed by atoms with E-state index in [9.17, 15) is 0 Å². The van der Waals surface area contributed by atoms with Crippen molar-refractivity contribution in [1.82, 2.24) is 4.90 Å². The number of nitrogens with zero attached hydrogens (tertiary/aromatic N) is 1. The number of hydrogen-bond acceptors (Lipinski definition) is 2. The van der Waals surface area contributed by atoms with Crippen LogP contribution in [0, 0.1) is 12.5 Å². The van der Waals surface area contributed by atoms with E-state index in [2.05, 4.69) is 6.04 Å². The number of methoxy groups -OCH3 is 1. The van der Waals surface area contributed by atoms with Crippen LogP contribution >= 0.6 is 0 Å². The molecular weight excluding hydrogens is 162 g/mol. The lowest BCUT2D eigenvalue weighted by molar-refractivity contribution is 0.412. The number of hydrogen-bond donors (Lipinski definition) is 0. The van der Waals surface area contributed by atoms with Crippen LogP contribution in [0.25, 0.3) is 0 Å². The van der Waals surface area contributed by atoms with Crippen LogP contribution in [0.15, 0.2) is 24.3 Å². The van der Waals surface area contributed by atoms with Crippen LogP contribution in [0.1, 0.15) is 5.56 Å². The largest absolute Gasteiger partial charge is 0.497 e. The molecule has 0 N–H and O–H groups in total. The van der Waals surface area contributed by atoms with Crippen LogP contribution in [-0.2, 0) is 6.54 Å². The summed E-state index contributed by atoms with van der Waals surface area (Å²) in [4.78, 5) is 1.79. The molecule has 1 rings (SSSR count). The highest BCUT2D eigenvalue weighted by Gasteiger charge is 1.97. The van der Waals surface area contributed by atoms with Gasteiger partial charge >= 0.3 is 0 Å². The molecule has 0 radical (unpaired) electrons. The summed E-state index contributed by atoms with van der Waals surface area (Å²) in [5.41, 5.74) is 1.15. The Balaban J connectivity index is 2.73. The minimum absolute atomic E-state index is 0.744. The topological polar surface area (TPSA) is 12.5 Å². The summed E-state index contributed by atoms with van der Waals surface area (Å²) in [6, 6.07) is 10.4. The molecule has 68 valence electrons. The van der Waals surface area contributed by atoms with Gasteiger partial charge in [0.15, 0.2) is 0 Å². The third-order valence-corrected chi connectivity index (χ3v) is 1.77. The predicted octanol–water partition coefficient (Wildman–Crippen LogP) is 1.72. The van der Waals surface area contributed by atoms with Crippen molar-refractivity contribution in [2.45, 2.75) is 6.54 Å². The number of ether oxygens (including phenoxy) is 1. The van der Waals surface area contributed by atoms with Crippen LogP contribution in [0.2, 0.25) is 0 Å². The van der Waals surface area contributed by atoms with Crippen LogP contribution in [-0.4, -0.2) is 19.1 Å². The third kappa shape index (κ3) is 2.72. The van der Waals surface area contributed by atoms with Gasteiger partial charge in [-0.1, -0.05) is 18.6 Å². The Hall–Kier alpha value is -1.62. The molecule has 0 bridgehead atoms. The van der Waals surface area contributed by atoms with Gasteiger partial charge in [-0.3, -0.25) is 0 Å². The Morgan fingerprint density at radius 1 is 1.54 bits per heavy atom. The summed E-state index contributed by atoms with van der Waals surface area (Å²) in [7, 11) is 3.53. The molecule has 1 aromatic rings. The Morgan fingerprint density at radius 2 is 2.31 bits per heavy atom. The summed E-state index contributed by atoms with van der Waals surface area (Å²) in [6.07, 6.45) is 5.24. The van der Waals surface area contributed by atoms with E-state index in [1.807, 2.05) is 31.3 Å². The molecule has 0 saturated heterocycles. The van der Waals surface area contributed by atoms with Crippen molar-refractivity contribution in [2.75, 3.05) is 14.2 Å². The molecule has 0 aliphatic heterocycles. The summed E-state index contributed by atoms with van der Waals surface area (Å²) in [5.74, 6) is 0.864. The predicted molar refractivity (Wildman–Crippen MR) is 53.3 cm³/mol. The molecule has 0 aromatic heterocycles. The second kappa shape index (κ2) is 4.42. The van der Waals surface area contributed by atoms with E-state index in [0.717, 1.165) is 17.9 Å². The monoisotopic (exact) mass is 175 g/mol. The molecule has 2 heteroatoms. The molecular formula is C11H13NO. The van der Waals surface area contributed by atoms with Crippen molar-refractivity contribution in [3.8, 4) is 18.2 Å². The van der Waals surface area contributed by atoms with Gasteiger partial charge in [-0.05, 0) is 17.7 Å². The highest BCUT2D eigenvalue weighted by atomic mass is 16.5. The van der Waals surface area contributed by atoms with E-state index in [-0.39, 0.29) is 0 Å². The highest BCUT2D eigenvalue weighted by Crippen LogP contribution is 2.13. The minimum Gasteiger partial charge on any atom is -0.497 e. The average molecular weight is 175 g/mol. The van der Waals surface area contributed by atoms with E-state index < -0.39 is 0 Å². The first-order valence-electron chi connectivity index (χ1n) is 4.06. The first-order chi connectivity index (χ1) is 6.26. The molecule has 0 saturated carbocycles. The number of rotatable bonds is 3. The van der Waals surface area contributed by atoms with Gasteiger partial charge in [-0.2, -0.15) is 0 Å². The third-order valence-electron chi connectivity index (χ3n) is 1.77. The first-order valence-corrected chi connectivity index (χ1v) is 4.06. The van der Waals surface area contributed by atoms with Gasteiger partial charge in [0.05, 0.1) is 13.7 Å². The minimum atomic E-state index is 0.744. The second-order valence-corrected chi connectivity index (χ2v) is 2.84. The van der Waals surface area contributed by atoms with Gasteiger partial charge in [0.25, 0.3) is 0 Å². The molecule has 0 unspecified atom stereocenters. The van der Waals surface area contributed by atoms with E-state index in [0.29, 0.717) is 0 Å². The van der Waals surface area contributed by atoms with Crippen LogP contribution in [0.3, 0.4) is 0 Å². The molecule has 0 aliphatic rings. The van der Waals surface area contributed by atoms with Crippen molar-refractivity contribution >= 4 is 0 Å². The summed E-state index contributed by atoms with van der Waals surface area (Å²) in [6.45, 7) is 0.744. The van der Waals surface area contributed by atoms with Crippen molar-refractivity contribution in [1.29, 1.82) is 0 Å². The molecule has 0 spiro atoms. The zero-order valence-electron chi connectivity index (χ0n) is 7.95. The smallest absolute Gasteiger partial charge is 0.119 e. The maximum atomic E-state index is 5.24. The van der Waals surface area contributed by atoms with Crippen molar-refractivity contribution in [3.63, 3.8) is 0 Å². The fourth-order valence-corrected chi connectivity index (χ4v) is 1.09. The van der Waals surface area contributed by atoms with E-state index in [1.54, 1.807) is 12.0 Å². The van der Waals surface area contributed by atoms with E-state index in [1.165, 1.54) is 0 Å². The maximum absolute atomic E-state index is 5.24. The first kappa shape index (κ1) is 9.47. The van der Waals surface area contributed by atoms with Gasteiger partial charge in [-0.25, -0.2) is 0 Å². The van der Waals surface area contributed by atoms with E-state index >= 15 is 0 Å². The molecule has 2 nitrogen and oxygen atoms in total. The molecule has 0 aliphatic carbocycles. The van der Waals surface area contributed by atoms with Gasteiger partial charge in [0, 0.05) is 13.1 Å². The van der Waals surface area contributed by atoms with Gasteiger partial charge in [-0.15, -0.1) is 0 Å². The second-order valence-electron chi connectivity index (χ2n) is 2.84. The van der Waals surface area contributed by atoms with Crippen LogP contribution < -0.4 is 4.74 Å². The molecule has 0 fully saturated rings. The lowest BCUT2D eigenvalue weighted by Gasteiger charge is -2.11. The van der Waals surface area contributed by atoms with Gasteiger partial charge in [0.2, 0.25) is 0 Å². The lowest BCUT2D eigenvalue weighted by atomic mass is 10.2. The summed E-state index contributed by atoms with van der Waals surface area (Å²) < 4.78 is 5.10. The maximum Gasteiger partial charge on any atom is 0.119 e. The number of terminal acetylenes is 1. The van der Waals surface area contributed by atoms with Crippen molar-refractivity contribution in [2.24, 2.45) is 0 Å². The summed E-state index contributed by atoms with van der Waals surface area (Å²) >= 11 is 0. The van der Waals surface area contributed by atoms with Crippen LogP contribution in [0.5, 0.6) is 5.75 Å². The average Bonchev–Trinajstić information content (AvgIpc) is 2.18. The molecule has 1 aromatic carbocycles. The quantitative estimate of drug-likeness (QED) is 0.512. The summed E-state index contributed by atoms with van der Waals surface area (Å²) in [5, 5.41) is 0.